The number of aryl methyl sites for hydroxylation is 1. The molecule has 0 radical (unpaired) electrons. The predicted molar refractivity (Wildman–Crippen MR) is 52.8 cm³/mol. The van der Waals surface area contributed by atoms with E-state index in [4.69, 9.17) is 23.2 Å². The van der Waals surface area contributed by atoms with Crippen molar-refractivity contribution >= 4 is 33.4 Å². The van der Waals surface area contributed by atoms with Crippen LogP contribution in [0.5, 0.6) is 0 Å². The summed E-state index contributed by atoms with van der Waals surface area (Å²) in [6, 6.07) is 0.933. The van der Waals surface area contributed by atoms with Gasteiger partial charge in [0, 0.05) is 0 Å². The van der Waals surface area contributed by atoms with Gasteiger partial charge in [-0.3, -0.25) is 0 Å². The van der Waals surface area contributed by atoms with Gasteiger partial charge in [-0.1, -0.05) is 23.2 Å². The maximum atomic E-state index is 12.9. The van der Waals surface area contributed by atoms with E-state index in [9.17, 15) is 16.7 Å². The molecule has 0 amide bonds. The largest absolute Gasteiger partial charge is 0.302 e. The van der Waals surface area contributed by atoms with Crippen molar-refractivity contribution < 1.29 is 16.7 Å². The van der Waals surface area contributed by atoms with Gasteiger partial charge >= 0.3 is 10.2 Å². The van der Waals surface area contributed by atoms with E-state index < -0.39 is 26.9 Å². The van der Waals surface area contributed by atoms with Crippen LogP contribution in [0.3, 0.4) is 0 Å². The fourth-order valence-electron chi connectivity index (χ4n) is 0.891. The zero-order valence-electron chi connectivity index (χ0n) is 7.18. The molecule has 3 nitrogen and oxygen atoms in total. The van der Waals surface area contributed by atoms with Crippen LogP contribution in [0.15, 0.2) is 6.07 Å². The summed E-state index contributed by atoms with van der Waals surface area (Å²) in [4.78, 5) is 3.41. The SMILES string of the molecule is O=S(=O)(F)CCc1cc(F)c(Cl)nc1Cl. The molecule has 0 aromatic carbocycles. The van der Waals surface area contributed by atoms with E-state index in [2.05, 4.69) is 4.98 Å². The first kappa shape index (κ1) is 12.6. The number of pyridine rings is 1. The van der Waals surface area contributed by atoms with Crippen LogP contribution in [0.25, 0.3) is 0 Å². The van der Waals surface area contributed by atoms with Crippen LogP contribution < -0.4 is 0 Å². The Labute approximate surface area is 95.2 Å². The van der Waals surface area contributed by atoms with Crippen molar-refractivity contribution in [2.45, 2.75) is 6.42 Å². The van der Waals surface area contributed by atoms with Crippen molar-refractivity contribution in [1.82, 2.24) is 4.98 Å². The minimum absolute atomic E-state index is 0.0970. The van der Waals surface area contributed by atoms with Crippen molar-refractivity contribution in [3.63, 3.8) is 0 Å². The molecule has 0 unspecified atom stereocenters. The van der Waals surface area contributed by atoms with E-state index in [1.165, 1.54) is 0 Å². The molecule has 0 aliphatic rings. The van der Waals surface area contributed by atoms with Gasteiger partial charge in [0.15, 0.2) is 11.0 Å². The summed E-state index contributed by atoms with van der Waals surface area (Å²) in [5.74, 6) is -1.59. The molecule has 0 bridgehead atoms. The van der Waals surface area contributed by atoms with Crippen molar-refractivity contribution in [3.8, 4) is 0 Å². The molecule has 0 atom stereocenters. The summed E-state index contributed by atoms with van der Waals surface area (Å²) in [7, 11) is -4.60. The maximum Gasteiger partial charge on any atom is 0.302 e. The lowest BCUT2D eigenvalue weighted by Crippen LogP contribution is -2.04. The Morgan fingerprint density at radius 3 is 2.47 bits per heavy atom. The Morgan fingerprint density at radius 2 is 1.93 bits per heavy atom. The topological polar surface area (TPSA) is 47.0 Å². The second kappa shape index (κ2) is 4.59. The molecule has 84 valence electrons. The highest BCUT2D eigenvalue weighted by Crippen LogP contribution is 2.21. The standard InChI is InChI=1S/C7H5Cl2F2NO2S/c8-6-4(1-2-15(11,13)14)3-5(10)7(9)12-6/h3H,1-2H2. The fourth-order valence-corrected chi connectivity index (χ4v) is 1.77. The van der Waals surface area contributed by atoms with Gasteiger partial charge in [-0.2, -0.15) is 8.42 Å². The van der Waals surface area contributed by atoms with Gasteiger partial charge < -0.3 is 0 Å². The van der Waals surface area contributed by atoms with Gasteiger partial charge in [-0.15, -0.1) is 3.89 Å². The van der Waals surface area contributed by atoms with E-state index in [1.54, 1.807) is 0 Å². The lowest BCUT2D eigenvalue weighted by atomic mass is 10.2. The second-order valence-corrected chi connectivity index (χ2v) is 4.91. The number of nitrogens with zero attached hydrogens (tertiary/aromatic N) is 1. The van der Waals surface area contributed by atoms with Gasteiger partial charge in [0.1, 0.15) is 5.15 Å². The van der Waals surface area contributed by atoms with Crippen LogP contribution in [0.2, 0.25) is 10.3 Å². The number of aromatic nitrogens is 1. The molecule has 0 aliphatic carbocycles. The lowest BCUT2D eigenvalue weighted by Gasteiger charge is -2.02. The van der Waals surface area contributed by atoms with E-state index in [1.807, 2.05) is 0 Å². The fraction of sp³-hybridized carbons (Fsp3) is 0.286. The highest BCUT2D eigenvalue weighted by molar-refractivity contribution is 7.86. The highest BCUT2D eigenvalue weighted by atomic mass is 35.5. The molecule has 15 heavy (non-hydrogen) atoms. The number of hydrogen-bond acceptors (Lipinski definition) is 3. The average Bonchev–Trinajstić information content (AvgIpc) is 2.07. The van der Waals surface area contributed by atoms with E-state index in [-0.39, 0.29) is 17.1 Å². The monoisotopic (exact) mass is 275 g/mol. The van der Waals surface area contributed by atoms with Crippen LogP contribution in [0.1, 0.15) is 5.56 Å². The summed E-state index contributed by atoms with van der Waals surface area (Å²) >= 11 is 10.9. The average molecular weight is 276 g/mol. The summed E-state index contributed by atoms with van der Waals surface area (Å²) in [5, 5.41) is -0.545. The smallest absolute Gasteiger partial charge is 0.221 e. The first-order valence-corrected chi connectivity index (χ1v) is 6.03. The third kappa shape index (κ3) is 3.89. The number of halogens is 4. The van der Waals surface area contributed by atoms with Crippen LogP contribution in [0.4, 0.5) is 8.28 Å². The number of rotatable bonds is 3. The Morgan fingerprint density at radius 1 is 1.33 bits per heavy atom. The third-order valence-electron chi connectivity index (χ3n) is 1.57. The van der Waals surface area contributed by atoms with Gasteiger partial charge in [0.05, 0.1) is 5.75 Å². The molecule has 1 rings (SSSR count). The number of hydrogen-bond donors (Lipinski definition) is 0. The van der Waals surface area contributed by atoms with Crippen molar-refractivity contribution in [2.75, 3.05) is 5.75 Å². The molecule has 0 spiro atoms. The molecule has 0 fully saturated rings. The molecular weight excluding hydrogens is 271 g/mol. The summed E-state index contributed by atoms with van der Waals surface area (Å²) in [5.41, 5.74) is 0.0970. The van der Waals surface area contributed by atoms with Crippen LogP contribution in [-0.4, -0.2) is 19.2 Å². The Kier molecular flexibility index (Phi) is 3.86. The van der Waals surface area contributed by atoms with E-state index >= 15 is 0 Å². The molecule has 1 aromatic heterocycles. The zero-order chi connectivity index (χ0) is 11.6. The first-order chi connectivity index (χ1) is 6.79. The van der Waals surface area contributed by atoms with E-state index in [0.717, 1.165) is 6.07 Å². The van der Waals surface area contributed by atoms with Gasteiger partial charge in [0.25, 0.3) is 0 Å². The van der Waals surface area contributed by atoms with E-state index in [0.29, 0.717) is 0 Å². The van der Waals surface area contributed by atoms with Gasteiger partial charge in [0.2, 0.25) is 0 Å². The summed E-state index contributed by atoms with van der Waals surface area (Å²) in [6.07, 6.45) is -0.251. The van der Waals surface area contributed by atoms with Crippen molar-refractivity contribution in [1.29, 1.82) is 0 Å². The summed E-state index contributed by atoms with van der Waals surface area (Å²) in [6.45, 7) is 0. The molecule has 1 heterocycles. The predicted octanol–water partition coefficient (Wildman–Crippen LogP) is 2.37. The molecule has 0 saturated heterocycles. The summed E-state index contributed by atoms with van der Waals surface area (Å²) < 4.78 is 45.5. The minimum atomic E-state index is -4.60. The van der Waals surface area contributed by atoms with Crippen LogP contribution in [0, 0.1) is 5.82 Å². The van der Waals surface area contributed by atoms with Crippen molar-refractivity contribution in [2.24, 2.45) is 0 Å². The Hall–Kier alpha value is -0.460. The molecule has 1 aromatic rings. The molecule has 8 heteroatoms. The Bertz CT molecular complexity index is 478. The Balaban J connectivity index is 2.91. The normalized spacial score (nSPS) is 11.7. The first-order valence-electron chi connectivity index (χ1n) is 3.72. The van der Waals surface area contributed by atoms with Crippen LogP contribution >= 0.6 is 23.2 Å². The van der Waals surface area contributed by atoms with Gasteiger partial charge in [-0.05, 0) is 18.1 Å². The molecule has 0 aliphatic heterocycles. The molecular formula is C7H5Cl2F2NO2S. The second-order valence-electron chi connectivity index (χ2n) is 2.70. The van der Waals surface area contributed by atoms with Crippen molar-refractivity contribution in [3.05, 3.63) is 27.8 Å². The molecule has 0 saturated carbocycles. The van der Waals surface area contributed by atoms with Crippen LogP contribution in [-0.2, 0) is 16.6 Å². The lowest BCUT2D eigenvalue weighted by molar-refractivity contribution is 0.551. The molecule has 0 N–H and O–H groups in total. The quantitative estimate of drug-likeness (QED) is 0.629. The zero-order valence-corrected chi connectivity index (χ0v) is 9.50. The third-order valence-corrected chi connectivity index (χ3v) is 2.86. The maximum absolute atomic E-state index is 12.9. The minimum Gasteiger partial charge on any atom is -0.221 e. The highest BCUT2D eigenvalue weighted by Gasteiger charge is 2.13. The van der Waals surface area contributed by atoms with Gasteiger partial charge in [-0.25, -0.2) is 9.37 Å².